The number of para-hydroxylation sites is 1. The molecule has 6 nitrogen and oxygen atoms in total. The number of nitrogens with zero attached hydrogens (tertiary/aromatic N) is 1. The van der Waals surface area contributed by atoms with Crippen LogP contribution in [-0.2, 0) is 19.1 Å². The fraction of sp³-hybridized carbons (Fsp3) is 0.357. The van der Waals surface area contributed by atoms with Gasteiger partial charge in [-0.25, -0.2) is 10.4 Å². The zero-order valence-electron chi connectivity index (χ0n) is 11.7. The predicted octanol–water partition coefficient (Wildman–Crippen LogP) is 1.55. The zero-order valence-corrected chi connectivity index (χ0v) is 13.2. The minimum Gasteiger partial charge on any atom is -0.469 e. The van der Waals surface area contributed by atoms with E-state index < -0.39 is 29.6 Å². The highest BCUT2D eigenvalue weighted by Gasteiger charge is 2.46. The van der Waals surface area contributed by atoms with Crippen LogP contribution < -0.4 is 10.4 Å². The molecule has 1 aromatic rings. The van der Waals surface area contributed by atoms with Gasteiger partial charge < -0.3 is 4.74 Å². The van der Waals surface area contributed by atoms with Gasteiger partial charge >= 0.3 is 5.97 Å². The van der Waals surface area contributed by atoms with E-state index in [1.807, 2.05) is 0 Å². The highest BCUT2D eigenvalue weighted by atomic mass is 35.5. The largest absolute Gasteiger partial charge is 0.469 e. The number of esters is 1. The summed E-state index contributed by atoms with van der Waals surface area (Å²) in [6.45, 7) is 0. The summed E-state index contributed by atoms with van der Waals surface area (Å²) in [7, 11) is 1.24. The number of carbonyl (C=O) groups excluding carboxylic acids is 3. The lowest BCUT2D eigenvalue weighted by molar-refractivity contribution is -0.141. The Balaban J connectivity index is 2.32. The van der Waals surface area contributed by atoms with E-state index in [0.717, 1.165) is 0 Å². The first kappa shape index (κ1) is 16.7. The first-order chi connectivity index (χ1) is 10.5. The van der Waals surface area contributed by atoms with Crippen molar-refractivity contribution in [2.75, 3.05) is 18.0 Å². The standard InChI is InChI=1S/C14H14Cl2N2O4/c1-22-12(20)6-9-13(11(19)7-15)14(21)18(17-9)10-5-3-2-4-8(10)16/h2-5,9,13,17H,6-7H2,1H3. The van der Waals surface area contributed by atoms with Gasteiger partial charge in [0.25, 0.3) is 5.91 Å². The molecule has 1 heterocycles. The lowest BCUT2D eigenvalue weighted by atomic mass is 9.94. The van der Waals surface area contributed by atoms with E-state index in [2.05, 4.69) is 10.2 Å². The van der Waals surface area contributed by atoms with E-state index >= 15 is 0 Å². The van der Waals surface area contributed by atoms with Crippen LogP contribution in [-0.4, -0.2) is 36.7 Å². The van der Waals surface area contributed by atoms with Gasteiger partial charge in [-0.05, 0) is 12.1 Å². The Morgan fingerprint density at radius 1 is 1.36 bits per heavy atom. The number of anilines is 1. The van der Waals surface area contributed by atoms with Crippen molar-refractivity contribution >= 4 is 46.5 Å². The molecule has 1 aromatic carbocycles. The number of ketones is 1. The number of methoxy groups -OCH3 is 1. The number of hydrazine groups is 1. The van der Waals surface area contributed by atoms with E-state index in [0.29, 0.717) is 10.7 Å². The van der Waals surface area contributed by atoms with Crippen LogP contribution in [0.1, 0.15) is 6.42 Å². The number of nitrogens with one attached hydrogen (secondary N) is 1. The van der Waals surface area contributed by atoms with Crippen LogP contribution in [0.4, 0.5) is 5.69 Å². The predicted molar refractivity (Wildman–Crippen MR) is 81.7 cm³/mol. The number of ether oxygens (including phenoxy) is 1. The molecule has 0 spiro atoms. The lowest BCUT2D eigenvalue weighted by Crippen LogP contribution is -2.39. The summed E-state index contributed by atoms with van der Waals surface area (Å²) >= 11 is 11.6. The van der Waals surface area contributed by atoms with E-state index in [4.69, 9.17) is 23.2 Å². The van der Waals surface area contributed by atoms with Gasteiger partial charge in [-0.3, -0.25) is 14.4 Å². The van der Waals surface area contributed by atoms with Crippen molar-refractivity contribution < 1.29 is 19.1 Å². The second-order valence-electron chi connectivity index (χ2n) is 4.72. The molecule has 0 aliphatic carbocycles. The van der Waals surface area contributed by atoms with Crippen LogP contribution in [0.2, 0.25) is 5.02 Å². The topological polar surface area (TPSA) is 75.7 Å². The third-order valence-corrected chi connectivity index (χ3v) is 3.95. The number of rotatable bonds is 5. The lowest BCUT2D eigenvalue weighted by Gasteiger charge is -2.18. The first-order valence-electron chi connectivity index (χ1n) is 6.49. The van der Waals surface area contributed by atoms with Crippen LogP contribution in [0.15, 0.2) is 24.3 Å². The Kier molecular flexibility index (Phi) is 5.39. The number of carbonyl (C=O) groups is 3. The zero-order chi connectivity index (χ0) is 16.3. The smallest absolute Gasteiger partial charge is 0.307 e. The van der Waals surface area contributed by atoms with Gasteiger partial charge in [0, 0.05) is 0 Å². The Bertz CT molecular complexity index is 608. The van der Waals surface area contributed by atoms with Crippen LogP contribution in [0.25, 0.3) is 0 Å². The summed E-state index contributed by atoms with van der Waals surface area (Å²) in [5, 5.41) is 1.53. The van der Waals surface area contributed by atoms with Gasteiger partial charge in [0.1, 0.15) is 5.92 Å². The van der Waals surface area contributed by atoms with Crippen molar-refractivity contribution in [2.24, 2.45) is 5.92 Å². The molecule has 1 saturated heterocycles. The fourth-order valence-electron chi connectivity index (χ4n) is 2.31. The maximum Gasteiger partial charge on any atom is 0.307 e. The van der Waals surface area contributed by atoms with E-state index in [9.17, 15) is 14.4 Å². The van der Waals surface area contributed by atoms with E-state index in [1.54, 1.807) is 24.3 Å². The molecular formula is C14H14Cl2N2O4. The number of hydrogen-bond acceptors (Lipinski definition) is 5. The minimum atomic E-state index is -1.05. The first-order valence-corrected chi connectivity index (χ1v) is 7.41. The minimum absolute atomic E-state index is 0.128. The van der Waals surface area contributed by atoms with Crippen molar-refractivity contribution in [3.63, 3.8) is 0 Å². The molecule has 0 bridgehead atoms. The van der Waals surface area contributed by atoms with Gasteiger partial charge in [-0.15, -0.1) is 11.6 Å². The van der Waals surface area contributed by atoms with E-state index in [-0.39, 0.29) is 12.3 Å². The molecule has 1 N–H and O–H groups in total. The summed E-state index contributed by atoms with van der Waals surface area (Å²) in [4.78, 5) is 36.0. The average Bonchev–Trinajstić information content (AvgIpc) is 2.83. The molecule has 2 rings (SSSR count). The highest BCUT2D eigenvalue weighted by Crippen LogP contribution is 2.30. The Morgan fingerprint density at radius 3 is 2.64 bits per heavy atom. The Labute approximate surface area is 137 Å². The normalized spacial score (nSPS) is 21.0. The van der Waals surface area contributed by atoms with Gasteiger partial charge in [-0.2, -0.15) is 0 Å². The molecule has 22 heavy (non-hydrogen) atoms. The van der Waals surface area contributed by atoms with Crippen LogP contribution in [0.5, 0.6) is 0 Å². The SMILES string of the molecule is COC(=O)CC1NN(c2ccccc2Cl)C(=O)C1C(=O)CCl. The number of alkyl halides is 1. The van der Waals surface area contributed by atoms with Crippen molar-refractivity contribution in [3.8, 4) is 0 Å². The molecule has 0 saturated carbocycles. The summed E-state index contributed by atoms with van der Waals surface area (Å²) in [5.74, 6) is -2.84. The second-order valence-corrected chi connectivity index (χ2v) is 5.39. The molecule has 0 radical (unpaired) electrons. The van der Waals surface area contributed by atoms with Crippen molar-refractivity contribution in [1.82, 2.24) is 5.43 Å². The molecule has 2 atom stereocenters. The number of halogens is 2. The quantitative estimate of drug-likeness (QED) is 0.498. The fourth-order valence-corrected chi connectivity index (χ4v) is 2.69. The number of amides is 1. The Hall–Kier alpha value is -1.63. The third kappa shape index (κ3) is 3.24. The molecule has 0 aromatic heterocycles. The van der Waals surface area contributed by atoms with Gasteiger partial charge in [0.2, 0.25) is 0 Å². The van der Waals surface area contributed by atoms with E-state index in [1.165, 1.54) is 12.1 Å². The maximum atomic E-state index is 12.5. The van der Waals surface area contributed by atoms with Gasteiger partial charge in [0.05, 0.1) is 36.2 Å². The molecule has 118 valence electrons. The van der Waals surface area contributed by atoms with Gasteiger partial charge in [0.15, 0.2) is 5.78 Å². The van der Waals surface area contributed by atoms with Gasteiger partial charge in [-0.1, -0.05) is 23.7 Å². The van der Waals surface area contributed by atoms with Crippen molar-refractivity contribution in [1.29, 1.82) is 0 Å². The van der Waals surface area contributed by atoms with Crippen LogP contribution in [0.3, 0.4) is 0 Å². The maximum absolute atomic E-state index is 12.5. The number of Topliss-reactive ketones (excluding diaryl/α,β-unsaturated/α-hetero) is 1. The molecule has 1 amide bonds. The second kappa shape index (κ2) is 7.09. The summed E-state index contributed by atoms with van der Waals surface area (Å²) in [5.41, 5.74) is 3.26. The molecule has 1 aliphatic rings. The molecule has 8 heteroatoms. The summed E-state index contributed by atoms with van der Waals surface area (Å²) < 4.78 is 4.59. The highest BCUT2D eigenvalue weighted by molar-refractivity contribution is 6.34. The summed E-state index contributed by atoms with van der Waals surface area (Å²) in [6, 6.07) is 5.97. The number of benzene rings is 1. The monoisotopic (exact) mass is 344 g/mol. The Morgan fingerprint density at radius 2 is 2.05 bits per heavy atom. The van der Waals surface area contributed by atoms with Crippen molar-refractivity contribution in [2.45, 2.75) is 12.5 Å². The summed E-state index contributed by atoms with van der Waals surface area (Å²) in [6.07, 6.45) is -0.128. The molecule has 1 fully saturated rings. The number of hydrogen-bond donors (Lipinski definition) is 1. The molecule has 2 unspecified atom stereocenters. The average molecular weight is 345 g/mol. The van der Waals surface area contributed by atoms with Crippen LogP contribution in [0, 0.1) is 5.92 Å². The molecule has 1 aliphatic heterocycles. The van der Waals surface area contributed by atoms with Crippen molar-refractivity contribution in [3.05, 3.63) is 29.3 Å². The van der Waals surface area contributed by atoms with Crippen LogP contribution >= 0.6 is 23.2 Å². The molecular weight excluding hydrogens is 331 g/mol. The third-order valence-electron chi connectivity index (χ3n) is 3.37.